The Morgan fingerprint density at radius 1 is 1.03 bits per heavy atom. The van der Waals surface area contributed by atoms with Crippen LogP contribution in [0.4, 0.5) is 10.1 Å². The molecule has 3 aromatic carbocycles. The fraction of sp³-hybridized carbons (Fsp3) is 0.200. The van der Waals surface area contributed by atoms with E-state index in [2.05, 4.69) is 21.5 Å². The molecule has 3 atom stereocenters. The number of carbonyl (C=O) groups is 2. The van der Waals surface area contributed by atoms with Crippen LogP contribution in [0.3, 0.4) is 0 Å². The van der Waals surface area contributed by atoms with Crippen LogP contribution < -0.4 is 10.2 Å². The molecule has 3 heterocycles. The Balaban J connectivity index is 1.41. The Bertz CT molecular complexity index is 1710. The summed E-state index contributed by atoms with van der Waals surface area (Å²) in [5.74, 6) is -1.06. The molecule has 5 aromatic rings. The zero-order valence-corrected chi connectivity index (χ0v) is 22.4. The lowest BCUT2D eigenvalue weighted by Gasteiger charge is -2.29. The van der Waals surface area contributed by atoms with Crippen molar-refractivity contribution in [2.24, 2.45) is 5.92 Å². The van der Waals surface area contributed by atoms with Crippen molar-refractivity contribution in [3.8, 4) is 5.69 Å². The molecule has 1 N–H and O–H groups in total. The van der Waals surface area contributed by atoms with Crippen LogP contribution in [0.25, 0.3) is 16.6 Å². The van der Waals surface area contributed by atoms with Crippen molar-refractivity contribution in [3.05, 3.63) is 106 Å². The minimum absolute atomic E-state index is 0.0712. The first-order valence-corrected chi connectivity index (χ1v) is 13.5. The smallest absolute Gasteiger partial charge is 0.263 e. The number of nitrogens with one attached hydrogen (secondary N) is 1. The topological polar surface area (TPSA) is 80.1 Å². The van der Waals surface area contributed by atoms with Gasteiger partial charge in [-0.1, -0.05) is 36.8 Å². The van der Waals surface area contributed by atoms with Crippen molar-refractivity contribution in [1.82, 2.24) is 20.1 Å². The molecule has 1 aliphatic rings. The highest BCUT2D eigenvalue weighted by Crippen LogP contribution is 2.41. The maximum atomic E-state index is 13.8. The molecule has 0 bridgehead atoms. The SMILES string of the molecule is Cc1cccc([C@@H]2[C@@H](NC(=O)c3scnc3C)[C@@H](C)C(=O)N2c2ccc3c(cnn3-c3ccc(F)cc3)c2)c1. The molecule has 0 aliphatic carbocycles. The Kier molecular flexibility index (Phi) is 6.23. The minimum Gasteiger partial charge on any atom is -0.345 e. The molecule has 0 saturated carbocycles. The molecule has 196 valence electrons. The zero-order chi connectivity index (χ0) is 27.3. The second-order valence-electron chi connectivity index (χ2n) is 9.90. The van der Waals surface area contributed by atoms with Crippen LogP contribution >= 0.6 is 11.3 Å². The van der Waals surface area contributed by atoms with Gasteiger partial charge in [-0.2, -0.15) is 5.10 Å². The number of hydrogen-bond acceptors (Lipinski definition) is 5. The summed E-state index contributed by atoms with van der Waals surface area (Å²) < 4.78 is 15.2. The van der Waals surface area contributed by atoms with E-state index in [4.69, 9.17) is 0 Å². The van der Waals surface area contributed by atoms with Crippen LogP contribution in [0, 0.1) is 25.6 Å². The lowest BCUT2D eigenvalue weighted by Crippen LogP contribution is -2.42. The summed E-state index contributed by atoms with van der Waals surface area (Å²) >= 11 is 1.29. The molecule has 6 rings (SSSR count). The number of aromatic nitrogens is 3. The van der Waals surface area contributed by atoms with Gasteiger partial charge in [-0.25, -0.2) is 14.1 Å². The average molecular weight is 540 g/mol. The number of fused-ring (bicyclic) bond motifs is 1. The summed E-state index contributed by atoms with van der Waals surface area (Å²) in [7, 11) is 0. The number of carbonyl (C=O) groups excluding carboxylic acids is 2. The molecule has 7 nitrogen and oxygen atoms in total. The fourth-order valence-electron chi connectivity index (χ4n) is 5.34. The van der Waals surface area contributed by atoms with Crippen LogP contribution in [0.2, 0.25) is 0 Å². The maximum absolute atomic E-state index is 13.8. The van der Waals surface area contributed by atoms with Crippen LogP contribution in [0.15, 0.2) is 78.4 Å². The van der Waals surface area contributed by atoms with Gasteiger partial charge in [0.15, 0.2) is 0 Å². The summed E-state index contributed by atoms with van der Waals surface area (Å²) in [5, 5.41) is 8.51. The van der Waals surface area contributed by atoms with Gasteiger partial charge in [0.25, 0.3) is 5.91 Å². The predicted molar refractivity (Wildman–Crippen MR) is 150 cm³/mol. The highest BCUT2D eigenvalue weighted by atomic mass is 32.1. The number of hydrogen-bond donors (Lipinski definition) is 1. The van der Waals surface area contributed by atoms with Gasteiger partial charge in [0.05, 0.1) is 46.6 Å². The molecule has 1 fully saturated rings. The number of anilines is 1. The van der Waals surface area contributed by atoms with Crippen LogP contribution in [0.5, 0.6) is 0 Å². The third-order valence-electron chi connectivity index (χ3n) is 7.32. The van der Waals surface area contributed by atoms with Gasteiger partial charge in [-0.05, 0) is 61.9 Å². The van der Waals surface area contributed by atoms with E-state index in [0.29, 0.717) is 10.6 Å². The first-order chi connectivity index (χ1) is 18.8. The third kappa shape index (κ3) is 4.38. The van der Waals surface area contributed by atoms with Gasteiger partial charge < -0.3 is 10.2 Å². The summed E-state index contributed by atoms with van der Waals surface area (Å²) in [6.45, 7) is 5.68. The zero-order valence-electron chi connectivity index (χ0n) is 21.6. The standard InChI is InChI=1S/C30H26FN5O2S/c1-17-5-4-6-20(13-17)27-26(34-29(37)28-19(3)32-16-39-28)18(2)30(38)35(27)24-11-12-25-21(14-24)15-33-36(25)23-9-7-22(31)8-10-23/h4-16,18,26-27H,1-3H3,(H,34,37)/t18-,26+,27-/m1/s1. The Morgan fingerprint density at radius 3 is 2.51 bits per heavy atom. The van der Waals surface area contributed by atoms with Gasteiger partial charge >= 0.3 is 0 Å². The quantitative estimate of drug-likeness (QED) is 0.308. The van der Waals surface area contributed by atoms with E-state index in [1.54, 1.807) is 40.3 Å². The highest BCUT2D eigenvalue weighted by molar-refractivity contribution is 7.11. The summed E-state index contributed by atoms with van der Waals surface area (Å²) in [6.07, 6.45) is 1.74. The van der Waals surface area contributed by atoms with E-state index in [1.165, 1.54) is 23.5 Å². The largest absolute Gasteiger partial charge is 0.345 e. The van der Waals surface area contributed by atoms with Gasteiger partial charge in [-0.15, -0.1) is 11.3 Å². The van der Waals surface area contributed by atoms with Crippen LogP contribution in [-0.2, 0) is 4.79 Å². The van der Waals surface area contributed by atoms with Crippen LogP contribution in [0.1, 0.15) is 39.5 Å². The maximum Gasteiger partial charge on any atom is 0.263 e. The second-order valence-corrected chi connectivity index (χ2v) is 10.8. The number of thiazole rings is 1. The van der Waals surface area contributed by atoms with Crippen molar-refractivity contribution in [2.45, 2.75) is 32.9 Å². The molecule has 1 aliphatic heterocycles. The molecular formula is C30H26FN5O2S. The summed E-state index contributed by atoms with van der Waals surface area (Å²) in [5.41, 5.74) is 6.63. The third-order valence-corrected chi connectivity index (χ3v) is 8.25. The van der Waals surface area contributed by atoms with E-state index >= 15 is 0 Å². The number of nitrogens with zero attached hydrogens (tertiary/aromatic N) is 4. The summed E-state index contributed by atoms with van der Waals surface area (Å²) in [4.78, 5) is 33.6. The van der Waals surface area contributed by atoms with E-state index < -0.39 is 18.0 Å². The molecule has 39 heavy (non-hydrogen) atoms. The number of benzene rings is 3. The minimum atomic E-state index is -0.453. The summed E-state index contributed by atoms with van der Waals surface area (Å²) in [6, 6.07) is 19.1. The molecule has 2 amide bonds. The van der Waals surface area contributed by atoms with E-state index in [-0.39, 0.29) is 17.6 Å². The van der Waals surface area contributed by atoms with Crippen molar-refractivity contribution < 1.29 is 14.0 Å². The van der Waals surface area contributed by atoms with E-state index in [9.17, 15) is 14.0 Å². The Morgan fingerprint density at radius 2 is 1.79 bits per heavy atom. The van der Waals surface area contributed by atoms with Gasteiger partial charge in [-0.3, -0.25) is 9.59 Å². The van der Waals surface area contributed by atoms with E-state index in [0.717, 1.165) is 33.4 Å². The predicted octanol–water partition coefficient (Wildman–Crippen LogP) is 5.76. The average Bonchev–Trinajstić information content (AvgIpc) is 3.61. The first kappa shape index (κ1) is 24.9. The normalized spacial score (nSPS) is 19.1. The molecular weight excluding hydrogens is 513 g/mol. The molecule has 2 aromatic heterocycles. The Hall–Kier alpha value is -4.37. The van der Waals surface area contributed by atoms with Crippen LogP contribution in [-0.4, -0.2) is 32.6 Å². The fourth-order valence-corrected chi connectivity index (χ4v) is 6.05. The highest BCUT2D eigenvalue weighted by Gasteiger charge is 2.48. The first-order valence-electron chi connectivity index (χ1n) is 12.7. The lowest BCUT2D eigenvalue weighted by atomic mass is 9.93. The van der Waals surface area contributed by atoms with Crippen molar-refractivity contribution in [1.29, 1.82) is 0 Å². The lowest BCUT2D eigenvalue weighted by molar-refractivity contribution is -0.120. The molecule has 0 radical (unpaired) electrons. The molecule has 0 spiro atoms. The van der Waals surface area contributed by atoms with E-state index in [1.807, 2.05) is 50.2 Å². The number of rotatable bonds is 5. The van der Waals surface area contributed by atoms with Gasteiger partial charge in [0.1, 0.15) is 10.7 Å². The monoisotopic (exact) mass is 539 g/mol. The Labute approximate surface area is 228 Å². The number of halogens is 1. The van der Waals surface area contributed by atoms with Gasteiger partial charge in [0.2, 0.25) is 5.91 Å². The second kappa shape index (κ2) is 9.74. The number of aryl methyl sites for hydroxylation is 2. The van der Waals surface area contributed by atoms with Crippen molar-refractivity contribution >= 4 is 39.7 Å². The van der Waals surface area contributed by atoms with Crippen molar-refractivity contribution in [2.75, 3.05) is 4.90 Å². The molecule has 9 heteroatoms. The van der Waals surface area contributed by atoms with Gasteiger partial charge in [0, 0.05) is 11.1 Å². The van der Waals surface area contributed by atoms with Crippen molar-refractivity contribution in [3.63, 3.8) is 0 Å². The molecule has 1 saturated heterocycles. The molecule has 0 unspecified atom stereocenters. The number of amides is 2.